The summed E-state index contributed by atoms with van der Waals surface area (Å²) in [5.74, 6) is -1.81. The third-order valence-electron chi connectivity index (χ3n) is 2.34. The number of anilines is 2. The first-order chi connectivity index (χ1) is 8.97. The van der Waals surface area contributed by atoms with Gasteiger partial charge in [0.2, 0.25) is 5.56 Å². The highest BCUT2D eigenvalue weighted by atomic mass is 127. The van der Waals surface area contributed by atoms with Crippen LogP contribution in [-0.2, 0) is 0 Å². The molecule has 0 fully saturated rings. The van der Waals surface area contributed by atoms with E-state index in [-0.39, 0.29) is 17.1 Å². The van der Waals surface area contributed by atoms with Crippen LogP contribution in [0.1, 0.15) is 10.4 Å². The molecule has 1 aromatic carbocycles. The molecule has 0 spiro atoms. The van der Waals surface area contributed by atoms with Crippen molar-refractivity contribution in [2.24, 2.45) is 0 Å². The number of nitrogens with one attached hydrogen (secondary N) is 2. The molecule has 0 aliphatic heterocycles. The molecule has 1 heterocycles. The van der Waals surface area contributed by atoms with E-state index in [1.54, 1.807) is 6.07 Å². The lowest BCUT2D eigenvalue weighted by atomic mass is 10.2. The van der Waals surface area contributed by atoms with Crippen LogP contribution in [0.4, 0.5) is 15.9 Å². The van der Waals surface area contributed by atoms with Gasteiger partial charge in [-0.25, -0.2) is 9.18 Å². The van der Waals surface area contributed by atoms with Gasteiger partial charge in [0, 0.05) is 9.64 Å². The van der Waals surface area contributed by atoms with Gasteiger partial charge in [-0.3, -0.25) is 4.79 Å². The maximum atomic E-state index is 13.7. The molecule has 0 amide bonds. The number of pyridine rings is 1. The van der Waals surface area contributed by atoms with E-state index in [0.717, 1.165) is 12.1 Å². The Morgan fingerprint density at radius 3 is 2.68 bits per heavy atom. The Labute approximate surface area is 120 Å². The maximum absolute atomic E-state index is 13.7. The summed E-state index contributed by atoms with van der Waals surface area (Å²) < 4.78 is 14.4. The maximum Gasteiger partial charge on any atom is 0.339 e. The third kappa shape index (κ3) is 3.11. The van der Waals surface area contributed by atoms with Gasteiger partial charge in [-0.2, -0.15) is 0 Å². The number of rotatable bonds is 3. The number of halogens is 2. The number of aromatic nitrogens is 1. The van der Waals surface area contributed by atoms with Crippen LogP contribution in [0.15, 0.2) is 35.1 Å². The summed E-state index contributed by atoms with van der Waals surface area (Å²) in [6.45, 7) is 0. The lowest BCUT2D eigenvalue weighted by Gasteiger charge is -2.10. The Morgan fingerprint density at radius 1 is 1.32 bits per heavy atom. The molecule has 1 aromatic heterocycles. The molecule has 3 N–H and O–H groups in total. The smallest absolute Gasteiger partial charge is 0.339 e. The average molecular weight is 374 g/mol. The molecule has 0 radical (unpaired) electrons. The van der Waals surface area contributed by atoms with E-state index in [4.69, 9.17) is 5.11 Å². The first kappa shape index (κ1) is 13.5. The highest BCUT2D eigenvalue weighted by Gasteiger charge is 2.12. The summed E-state index contributed by atoms with van der Waals surface area (Å²) in [5.41, 5.74) is -0.527. The molecule has 19 heavy (non-hydrogen) atoms. The van der Waals surface area contributed by atoms with Crippen molar-refractivity contribution in [3.05, 3.63) is 55.6 Å². The monoisotopic (exact) mass is 374 g/mol. The molecule has 0 aliphatic carbocycles. The molecule has 0 unspecified atom stereocenters. The Balaban J connectivity index is 2.45. The molecule has 0 saturated carbocycles. The van der Waals surface area contributed by atoms with Crippen LogP contribution >= 0.6 is 22.6 Å². The zero-order valence-corrected chi connectivity index (χ0v) is 11.6. The van der Waals surface area contributed by atoms with Crippen molar-refractivity contribution in [1.29, 1.82) is 0 Å². The van der Waals surface area contributed by atoms with Crippen molar-refractivity contribution < 1.29 is 14.3 Å². The largest absolute Gasteiger partial charge is 0.478 e. The number of hydrogen-bond donors (Lipinski definition) is 3. The second kappa shape index (κ2) is 5.39. The highest BCUT2D eigenvalue weighted by Crippen LogP contribution is 2.22. The van der Waals surface area contributed by atoms with Gasteiger partial charge in [0.05, 0.1) is 5.69 Å². The number of aromatic amines is 1. The van der Waals surface area contributed by atoms with Gasteiger partial charge >= 0.3 is 5.97 Å². The first-order valence-electron chi connectivity index (χ1n) is 5.16. The summed E-state index contributed by atoms with van der Waals surface area (Å²) in [6, 6.07) is 6.68. The minimum absolute atomic E-state index is 0.0555. The van der Waals surface area contributed by atoms with Crippen molar-refractivity contribution in [1.82, 2.24) is 4.98 Å². The van der Waals surface area contributed by atoms with Gasteiger partial charge in [0.15, 0.2) is 0 Å². The van der Waals surface area contributed by atoms with E-state index in [2.05, 4.69) is 10.3 Å². The van der Waals surface area contributed by atoms with E-state index in [9.17, 15) is 14.0 Å². The van der Waals surface area contributed by atoms with Crippen LogP contribution in [0, 0.1) is 9.39 Å². The fraction of sp³-hybridized carbons (Fsp3) is 0. The van der Waals surface area contributed by atoms with Gasteiger partial charge < -0.3 is 15.4 Å². The van der Waals surface area contributed by atoms with Crippen LogP contribution in [0.3, 0.4) is 0 Å². The number of aromatic carboxylic acids is 1. The lowest BCUT2D eigenvalue weighted by Crippen LogP contribution is -2.13. The van der Waals surface area contributed by atoms with Crippen LogP contribution in [-0.4, -0.2) is 16.1 Å². The Bertz CT molecular complexity index is 700. The summed E-state index contributed by atoms with van der Waals surface area (Å²) in [7, 11) is 0. The third-order valence-corrected chi connectivity index (χ3v) is 3.01. The molecule has 0 aliphatic rings. The van der Waals surface area contributed by atoms with Crippen molar-refractivity contribution in [2.75, 3.05) is 5.32 Å². The van der Waals surface area contributed by atoms with Gasteiger partial charge in [-0.1, -0.05) is 0 Å². The van der Waals surface area contributed by atoms with E-state index < -0.39 is 17.3 Å². The second-order valence-electron chi connectivity index (χ2n) is 3.67. The minimum Gasteiger partial charge on any atom is -0.478 e. The number of H-pyrrole nitrogens is 1. The molecule has 5 nitrogen and oxygen atoms in total. The molecule has 98 valence electrons. The van der Waals surface area contributed by atoms with E-state index in [1.807, 2.05) is 22.6 Å². The van der Waals surface area contributed by atoms with Gasteiger partial charge in [0.1, 0.15) is 17.2 Å². The van der Waals surface area contributed by atoms with Crippen LogP contribution < -0.4 is 10.9 Å². The summed E-state index contributed by atoms with van der Waals surface area (Å²) in [6.07, 6.45) is 0. The number of carbonyl (C=O) groups is 1. The molecule has 0 atom stereocenters. The standard InChI is InChI=1S/C12H8FIN2O3/c13-8-5-6(14)1-3-9(8)15-11-7(12(18)19)2-4-10(17)16-11/h1-5H,(H,18,19)(H2,15,16,17). The van der Waals surface area contributed by atoms with Crippen LogP contribution in [0.5, 0.6) is 0 Å². The molecule has 0 bridgehead atoms. The van der Waals surface area contributed by atoms with Gasteiger partial charge in [-0.15, -0.1) is 0 Å². The first-order valence-corrected chi connectivity index (χ1v) is 6.24. The topological polar surface area (TPSA) is 82.2 Å². The fourth-order valence-electron chi connectivity index (χ4n) is 1.48. The molecule has 0 saturated heterocycles. The average Bonchev–Trinajstić information content (AvgIpc) is 2.32. The highest BCUT2D eigenvalue weighted by molar-refractivity contribution is 14.1. The normalized spacial score (nSPS) is 10.2. The zero-order chi connectivity index (χ0) is 14.0. The number of carboxylic acids is 1. The molecular weight excluding hydrogens is 366 g/mol. The van der Waals surface area contributed by atoms with Crippen molar-refractivity contribution >= 4 is 40.1 Å². The Hall–Kier alpha value is -1.90. The van der Waals surface area contributed by atoms with Crippen molar-refractivity contribution in [3.8, 4) is 0 Å². The van der Waals surface area contributed by atoms with Crippen molar-refractivity contribution in [3.63, 3.8) is 0 Å². The quantitative estimate of drug-likeness (QED) is 0.722. The predicted molar refractivity (Wildman–Crippen MR) is 76.4 cm³/mol. The lowest BCUT2D eigenvalue weighted by molar-refractivity contribution is 0.0697. The second-order valence-corrected chi connectivity index (χ2v) is 4.91. The molecular formula is C12H8FIN2O3. The molecule has 2 aromatic rings. The minimum atomic E-state index is -1.22. The summed E-state index contributed by atoms with van der Waals surface area (Å²) in [4.78, 5) is 24.5. The zero-order valence-electron chi connectivity index (χ0n) is 9.41. The number of benzene rings is 1. The van der Waals surface area contributed by atoms with E-state index in [0.29, 0.717) is 3.57 Å². The van der Waals surface area contributed by atoms with Crippen molar-refractivity contribution in [2.45, 2.75) is 0 Å². The van der Waals surface area contributed by atoms with Crippen LogP contribution in [0.2, 0.25) is 0 Å². The fourth-order valence-corrected chi connectivity index (χ4v) is 1.93. The van der Waals surface area contributed by atoms with Gasteiger partial charge in [0.25, 0.3) is 0 Å². The molecule has 7 heteroatoms. The summed E-state index contributed by atoms with van der Waals surface area (Å²) in [5, 5.41) is 11.6. The predicted octanol–water partition coefficient (Wildman–Crippen LogP) is 2.56. The van der Waals surface area contributed by atoms with E-state index >= 15 is 0 Å². The van der Waals surface area contributed by atoms with E-state index in [1.165, 1.54) is 12.1 Å². The molecule has 2 rings (SSSR count). The van der Waals surface area contributed by atoms with Gasteiger partial charge in [-0.05, 0) is 46.9 Å². The van der Waals surface area contributed by atoms with Crippen LogP contribution in [0.25, 0.3) is 0 Å². The SMILES string of the molecule is O=C(O)c1ccc(=O)[nH]c1Nc1ccc(I)cc1F. The summed E-state index contributed by atoms with van der Waals surface area (Å²) >= 11 is 1.96. The Kier molecular flexibility index (Phi) is 3.84. The number of carboxylic acid groups (broad SMARTS) is 1. The Morgan fingerprint density at radius 2 is 2.05 bits per heavy atom. The number of hydrogen-bond acceptors (Lipinski definition) is 3.